The number of halogens is 3. The van der Waals surface area contributed by atoms with Gasteiger partial charge in [-0.05, 0) is 70.6 Å². The summed E-state index contributed by atoms with van der Waals surface area (Å²) in [5, 5.41) is 15.6. The predicted molar refractivity (Wildman–Crippen MR) is 145 cm³/mol. The van der Waals surface area contributed by atoms with Gasteiger partial charge in [0.25, 0.3) is 11.8 Å². The first kappa shape index (κ1) is 26.3. The molecule has 0 saturated heterocycles. The highest BCUT2D eigenvalue weighted by molar-refractivity contribution is 14.1. The number of carbonyl (C=O) groups is 2. The van der Waals surface area contributed by atoms with Crippen LogP contribution in [0.5, 0.6) is 11.5 Å². The average Bonchev–Trinajstić information content (AvgIpc) is 2.84. The van der Waals surface area contributed by atoms with E-state index in [-0.39, 0.29) is 12.2 Å². The predicted octanol–water partition coefficient (Wildman–Crippen LogP) is 6.17. The number of anilines is 2. The summed E-state index contributed by atoms with van der Waals surface area (Å²) in [6.07, 6.45) is 1.42. The van der Waals surface area contributed by atoms with Crippen molar-refractivity contribution in [1.29, 1.82) is 5.26 Å². The number of amides is 2. The van der Waals surface area contributed by atoms with Crippen LogP contribution in [0.15, 0.2) is 66.2 Å². The molecule has 2 N–H and O–H groups in total. The molecular formula is C25H18Cl2IN3O4. The molecule has 3 rings (SSSR count). The Balaban J connectivity index is 1.75. The summed E-state index contributed by atoms with van der Waals surface area (Å²) in [6, 6.07) is 18.8. The lowest BCUT2D eigenvalue weighted by Crippen LogP contribution is -2.20. The molecule has 0 unspecified atom stereocenters. The molecule has 3 aromatic rings. The first-order valence-electron chi connectivity index (χ1n) is 10.0. The van der Waals surface area contributed by atoms with Crippen molar-refractivity contribution in [3.63, 3.8) is 0 Å². The zero-order valence-corrected chi connectivity index (χ0v) is 21.9. The summed E-state index contributed by atoms with van der Waals surface area (Å²) in [7, 11) is 1.45. The lowest BCUT2D eigenvalue weighted by molar-refractivity contribution is -0.118. The topological polar surface area (TPSA) is 100 Å². The van der Waals surface area contributed by atoms with Gasteiger partial charge >= 0.3 is 0 Å². The molecule has 0 aliphatic heterocycles. The Hall–Kier alpha value is -3.26. The standard InChI is InChI=1S/C25H18Cl2IN3O4/c1-34-22-12-15(10-16(13-29)25(33)31-21-9-5-3-7-18(21)27)11-19(28)24(22)35-14-23(32)30-20-8-4-2-6-17(20)26/h2-12H,14H2,1H3,(H,30,32)(H,31,33)/b16-10+. The minimum absolute atomic E-state index is 0.129. The highest BCUT2D eigenvalue weighted by atomic mass is 127. The van der Waals surface area contributed by atoms with E-state index in [2.05, 4.69) is 10.6 Å². The fourth-order valence-electron chi connectivity index (χ4n) is 2.92. The van der Waals surface area contributed by atoms with Crippen LogP contribution in [0.25, 0.3) is 6.08 Å². The summed E-state index contributed by atoms with van der Waals surface area (Å²) < 4.78 is 11.7. The number of methoxy groups -OCH3 is 1. The Labute approximate surface area is 225 Å². The third-order valence-corrected chi connectivity index (χ3v) is 6.01. The molecule has 2 amide bonds. The quantitative estimate of drug-likeness (QED) is 0.178. The van der Waals surface area contributed by atoms with E-state index in [0.29, 0.717) is 42.1 Å². The second-order valence-corrected chi connectivity index (χ2v) is 8.93. The summed E-state index contributed by atoms with van der Waals surface area (Å²) in [5.41, 5.74) is 1.27. The number of carbonyl (C=O) groups excluding carboxylic acids is 2. The Morgan fingerprint density at radius 3 is 2.20 bits per heavy atom. The molecule has 0 radical (unpaired) electrons. The van der Waals surface area contributed by atoms with E-state index in [4.69, 9.17) is 32.7 Å². The van der Waals surface area contributed by atoms with Gasteiger partial charge in [-0.15, -0.1) is 0 Å². The largest absolute Gasteiger partial charge is 0.493 e. The first-order chi connectivity index (χ1) is 16.8. The number of hydrogen-bond acceptors (Lipinski definition) is 5. The molecule has 0 heterocycles. The molecule has 0 aliphatic carbocycles. The van der Waals surface area contributed by atoms with Crippen LogP contribution in [0.4, 0.5) is 11.4 Å². The Kier molecular flexibility index (Phi) is 9.37. The van der Waals surface area contributed by atoms with Gasteiger partial charge < -0.3 is 20.1 Å². The molecule has 0 aromatic heterocycles. The zero-order chi connectivity index (χ0) is 25.4. The highest BCUT2D eigenvalue weighted by Crippen LogP contribution is 2.35. The highest BCUT2D eigenvalue weighted by Gasteiger charge is 2.16. The van der Waals surface area contributed by atoms with Gasteiger partial charge in [0.1, 0.15) is 11.6 Å². The molecule has 0 atom stereocenters. The number of rotatable bonds is 8. The molecule has 0 saturated carbocycles. The number of benzene rings is 3. The van der Waals surface area contributed by atoms with Crippen LogP contribution in [0.2, 0.25) is 10.0 Å². The van der Waals surface area contributed by atoms with Crippen molar-refractivity contribution < 1.29 is 19.1 Å². The maximum absolute atomic E-state index is 12.6. The second kappa shape index (κ2) is 12.4. The number of nitriles is 1. The van der Waals surface area contributed by atoms with Crippen LogP contribution in [-0.4, -0.2) is 25.5 Å². The molecule has 0 fully saturated rings. The first-order valence-corrected chi connectivity index (χ1v) is 11.9. The lowest BCUT2D eigenvalue weighted by atomic mass is 10.1. The lowest BCUT2D eigenvalue weighted by Gasteiger charge is -2.14. The molecule has 0 aliphatic rings. The van der Waals surface area contributed by atoms with E-state index in [1.807, 2.05) is 28.7 Å². The maximum atomic E-state index is 12.6. The molecule has 3 aromatic carbocycles. The summed E-state index contributed by atoms with van der Waals surface area (Å²) >= 11 is 14.2. The summed E-state index contributed by atoms with van der Waals surface area (Å²) in [5.74, 6) is -0.329. The van der Waals surface area contributed by atoms with Gasteiger partial charge in [0.15, 0.2) is 18.1 Å². The molecular weight excluding hydrogens is 604 g/mol. The van der Waals surface area contributed by atoms with Crippen molar-refractivity contribution in [2.24, 2.45) is 0 Å². The van der Waals surface area contributed by atoms with Crippen LogP contribution >= 0.6 is 45.8 Å². The van der Waals surface area contributed by atoms with E-state index in [1.54, 1.807) is 60.7 Å². The molecule has 178 valence electrons. The van der Waals surface area contributed by atoms with Gasteiger partial charge in [-0.25, -0.2) is 0 Å². The number of hydrogen-bond donors (Lipinski definition) is 2. The normalized spacial score (nSPS) is 10.8. The van der Waals surface area contributed by atoms with E-state index < -0.39 is 11.8 Å². The van der Waals surface area contributed by atoms with Gasteiger partial charge in [0.2, 0.25) is 0 Å². The van der Waals surface area contributed by atoms with Gasteiger partial charge in [-0.2, -0.15) is 5.26 Å². The van der Waals surface area contributed by atoms with Crippen molar-refractivity contribution in [3.8, 4) is 17.6 Å². The van der Waals surface area contributed by atoms with E-state index in [9.17, 15) is 14.9 Å². The minimum Gasteiger partial charge on any atom is -0.493 e. The van der Waals surface area contributed by atoms with Crippen molar-refractivity contribution >= 4 is 75.1 Å². The van der Waals surface area contributed by atoms with Crippen LogP contribution in [-0.2, 0) is 9.59 Å². The van der Waals surface area contributed by atoms with E-state index >= 15 is 0 Å². The monoisotopic (exact) mass is 621 g/mol. The number of ether oxygens (including phenoxy) is 2. The Morgan fingerprint density at radius 1 is 1.03 bits per heavy atom. The third-order valence-electron chi connectivity index (χ3n) is 4.55. The van der Waals surface area contributed by atoms with Gasteiger partial charge in [-0.3, -0.25) is 9.59 Å². The van der Waals surface area contributed by atoms with Gasteiger partial charge in [0, 0.05) is 0 Å². The smallest absolute Gasteiger partial charge is 0.266 e. The summed E-state index contributed by atoms with van der Waals surface area (Å²) in [4.78, 5) is 24.9. The van der Waals surface area contributed by atoms with E-state index in [1.165, 1.54) is 13.2 Å². The Bertz CT molecular complexity index is 1340. The molecule has 10 heteroatoms. The second-order valence-electron chi connectivity index (χ2n) is 6.95. The van der Waals surface area contributed by atoms with Crippen molar-refractivity contribution in [2.75, 3.05) is 24.4 Å². The van der Waals surface area contributed by atoms with Crippen LogP contribution < -0.4 is 20.1 Å². The minimum atomic E-state index is -0.605. The van der Waals surface area contributed by atoms with Gasteiger partial charge in [-0.1, -0.05) is 47.5 Å². The van der Waals surface area contributed by atoms with Crippen LogP contribution in [0.3, 0.4) is 0 Å². The fraction of sp³-hybridized carbons (Fsp3) is 0.0800. The summed E-state index contributed by atoms with van der Waals surface area (Å²) in [6.45, 7) is -0.281. The number of para-hydroxylation sites is 2. The number of nitrogens with zero attached hydrogens (tertiary/aromatic N) is 1. The Morgan fingerprint density at radius 2 is 1.63 bits per heavy atom. The average molecular weight is 622 g/mol. The van der Waals surface area contributed by atoms with E-state index in [0.717, 1.165) is 0 Å². The maximum Gasteiger partial charge on any atom is 0.266 e. The van der Waals surface area contributed by atoms with Crippen LogP contribution in [0.1, 0.15) is 5.56 Å². The van der Waals surface area contributed by atoms with Crippen LogP contribution in [0, 0.1) is 14.9 Å². The van der Waals surface area contributed by atoms with Crippen molar-refractivity contribution in [1.82, 2.24) is 0 Å². The number of nitrogens with one attached hydrogen (secondary N) is 2. The van der Waals surface area contributed by atoms with Gasteiger partial charge in [0.05, 0.1) is 32.1 Å². The SMILES string of the molecule is COc1cc(/C=C(\C#N)C(=O)Nc2ccccc2Cl)cc(I)c1OCC(=O)Nc1ccccc1Cl. The fourth-order valence-corrected chi connectivity index (χ4v) is 4.06. The van der Waals surface area contributed by atoms with Crippen molar-refractivity contribution in [3.05, 3.63) is 85.4 Å². The molecule has 35 heavy (non-hydrogen) atoms. The third kappa shape index (κ3) is 7.11. The molecule has 0 spiro atoms. The molecule has 0 bridgehead atoms. The molecule has 7 nitrogen and oxygen atoms in total. The van der Waals surface area contributed by atoms with Crippen molar-refractivity contribution in [2.45, 2.75) is 0 Å². The zero-order valence-electron chi connectivity index (χ0n) is 18.3.